The molecular weight excluding hydrogens is 675 g/mol. The number of rotatable bonds is 37. The van der Waals surface area contributed by atoms with Crippen molar-refractivity contribution < 1.29 is 37.9 Å². The zero-order chi connectivity index (χ0) is 38.2. The van der Waals surface area contributed by atoms with Gasteiger partial charge in [-0.1, -0.05) is 145 Å². The van der Waals surface area contributed by atoms with Gasteiger partial charge in [-0.05, 0) is 83.5 Å². The van der Waals surface area contributed by atoms with Gasteiger partial charge in [0.25, 0.3) is 0 Å². The van der Waals surface area contributed by atoms with Crippen molar-refractivity contribution in [1.29, 1.82) is 0 Å². The fourth-order valence-electron chi connectivity index (χ4n) is 5.41. The second-order valence-electron chi connectivity index (χ2n) is 13.6. The van der Waals surface area contributed by atoms with Crippen LogP contribution in [0.15, 0.2) is 60.8 Å². The summed E-state index contributed by atoms with van der Waals surface area (Å²) in [5.41, 5.74) is 0. The molecule has 0 rings (SSSR count). The molecule has 0 aromatic heterocycles. The minimum atomic E-state index is -4.76. The van der Waals surface area contributed by atoms with Crippen LogP contribution in [0.4, 0.5) is 0 Å². The Morgan fingerprint density at radius 3 is 1.29 bits per heavy atom. The SMILES string of the molecule is CCCCC/C=C\C/C=C\C/C=C\CCCCCCC(=O)OC[C@H](COP(=O)(O)O)OC(=O)CCCCCCCCC/C=C\C/C=C\CCCCC. The summed E-state index contributed by atoms with van der Waals surface area (Å²) in [5, 5.41) is 0. The van der Waals surface area contributed by atoms with E-state index in [0.717, 1.165) is 70.6 Å². The molecule has 0 fully saturated rings. The zero-order valence-electron chi connectivity index (χ0n) is 32.9. The highest BCUT2D eigenvalue weighted by molar-refractivity contribution is 7.46. The fraction of sp³-hybridized carbons (Fsp3) is 0.721. The van der Waals surface area contributed by atoms with Gasteiger partial charge in [0, 0.05) is 12.8 Å². The number of carbonyl (C=O) groups excluding carboxylic acids is 2. The molecule has 0 saturated heterocycles. The van der Waals surface area contributed by atoms with Crippen LogP contribution in [0, 0.1) is 0 Å². The van der Waals surface area contributed by atoms with Gasteiger partial charge >= 0.3 is 19.8 Å². The van der Waals surface area contributed by atoms with Crippen LogP contribution in [0.1, 0.15) is 181 Å². The van der Waals surface area contributed by atoms with E-state index in [1.807, 2.05) is 0 Å². The molecule has 9 heteroatoms. The van der Waals surface area contributed by atoms with Crippen LogP contribution in [0.3, 0.4) is 0 Å². The van der Waals surface area contributed by atoms with E-state index in [1.165, 1.54) is 70.6 Å². The van der Waals surface area contributed by atoms with E-state index in [-0.39, 0.29) is 19.4 Å². The summed E-state index contributed by atoms with van der Waals surface area (Å²) in [4.78, 5) is 42.8. The number of hydrogen-bond donors (Lipinski definition) is 2. The van der Waals surface area contributed by atoms with Crippen LogP contribution in [0.5, 0.6) is 0 Å². The van der Waals surface area contributed by atoms with Gasteiger partial charge in [-0.25, -0.2) is 4.57 Å². The number of phosphoric ester groups is 1. The van der Waals surface area contributed by atoms with Gasteiger partial charge < -0.3 is 19.3 Å². The number of unbranched alkanes of at least 4 members (excludes halogenated alkanes) is 17. The van der Waals surface area contributed by atoms with Crippen molar-refractivity contribution in [2.24, 2.45) is 0 Å². The van der Waals surface area contributed by atoms with Crippen LogP contribution in [0.25, 0.3) is 0 Å². The summed E-state index contributed by atoms with van der Waals surface area (Å²) >= 11 is 0. The topological polar surface area (TPSA) is 119 Å². The molecule has 0 radical (unpaired) electrons. The van der Waals surface area contributed by atoms with Gasteiger partial charge in [-0.3, -0.25) is 14.1 Å². The van der Waals surface area contributed by atoms with Crippen molar-refractivity contribution in [2.75, 3.05) is 13.2 Å². The van der Waals surface area contributed by atoms with Crippen molar-refractivity contribution in [2.45, 2.75) is 187 Å². The fourth-order valence-corrected chi connectivity index (χ4v) is 5.77. The number of allylic oxidation sites excluding steroid dienone is 10. The van der Waals surface area contributed by atoms with Gasteiger partial charge in [-0.15, -0.1) is 0 Å². The number of phosphoric acid groups is 1. The lowest BCUT2D eigenvalue weighted by atomic mass is 10.1. The van der Waals surface area contributed by atoms with Crippen LogP contribution < -0.4 is 0 Å². The van der Waals surface area contributed by atoms with Gasteiger partial charge in [-0.2, -0.15) is 0 Å². The summed E-state index contributed by atoms with van der Waals surface area (Å²) in [6.07, 6.45) is 47.9. The molecule has 2 N–H and O–H groups in total. The van der Waals surface area contributed by atoms with E-state index < -0.39 is 32.5 Å². The average molecular weight is 751 g/mol. The van der Waals surface area contributed by atoms with E-state index in [0.29, 0.717) is 12.8 Å². The molecule has 0 unspecified atom stereocenters. The molecule has 0 amide bonds. The minimum absolute atomic E-state index is 0.195. The summed E-state index contributed by atoms with van der Waals surface area (Å²) in [6.45, 7) is 3.60. The first-order valence-corrected chi connectivity index (χ1v) is 22.1. The van der Waals surface area contributed by atoms with Crippen LogP contribution in [-0.4, -0.2) is 41.0 Å². The molecule has 0 aromatic rings. The molecular formula is C43H75O8P. The Balaban J connectivity index is 4.00. The highest BCUT2D eigenvalue weighted by Gasteiger charge is 2.22. The quantitative estimate of drug-likeness (QED) is 0.0279. The maximum Gasteiger partial charge on any atom is 0.469 e. The summed E-state index contributed by atoms with van der Waals surface area (Å²) < 4.78 is 26.4. The predicted molar refractivity (Wildman–Crippen MR) is 216 cm³/mol. The standard InChI is InChI=1S/C43H75O8P/c1-3-5-7-9-11-13-15-17-19-21-23-25-27-29-31-33-35-37-42(44)49-39-41(40-50-52(46,47)48)51-43(45)38-36-34-32-30-28-26-24-22-20-18-16-14-12-10-8-6-4-2/h11-14,17-20,23,25,41H,3-10,15-16,21-22,24,26-40H2,1-2H3,(H2,46,47,48)/b13-11-,14-12-,19-17-,20-18-,25-23-/t41-/m1/s1. The maximum absolute atomic E-state index is 12.4. The number of hydrogen-bond acceptors (Lipinski definition) is 6. The monoisotopic (exact) mass is 751 g/mol. The van der Waals surface area contributed by atoms with Crippen molar-refractivity contribution in [3.8, 4) is 0 Å². The molecule has 52 heavy (non-hydrogen) atoms. The van der Waals surface area contributed by atoms with Crippen LogP contribution >= 0.6 is 7.82 Å². The molecule has 0 heterocycles. The maximum atomic E-state index is 12.4. The second-order valence-corrected chi connectivity index (χ2v) is 14.8. The predicted octanol–water partition coefficient (Wildman–Crippen LogP) is 12.5. The zero-order valence-corrected chi connectivity index (χ0v) is 33.8. The third-order valence-corrected chi connectivity index (χ3v) is 8.99. The number of ether oxygens (including phenoxy) is 2. The molecule has 0 aliphatic carbocycles. The largest absolute Gasteiger partial charge is 0.469 e. The summed E-state index contributed by atoms with van der Waals surface area (Å²) in [6, 6.07) is 0. The molecule has 300 valence electrons. The molecule has 0 aliphatic rings. The smallest absolute Gasteiger partial charge is 0.462 e. The Bertz CT molecular complexity index is 1030. The Morgan fingerprint density at radius 1 is 0.500 bits per heavy atom. The van der Waals surface area contributed by atoms with Gasteiger partial charge in [0.1, 0.15) is 6.61 Å². The molecule has 0 aliphatic heterocycles. The Labute approximate surface area is 317 Å². The molecule has 0 aromatic carbocycles. The third-order valence-electron chi connectivity index (χ3n) is 8.51. The van der Waals surface area contributed by atoms with Gasteiger partial charge in [0.2, 0.25) is 0 Å². The molecule has 1 atom stereocenters. The van der Waals surface area contributed by atoms with Crippen LogP contribution in [-0.2, 0) is 28.2 Å². The third kappa shape index (κ3) is 40.5. The lowest BCUT2D eigenvalue weighted by Crippen LogP contribution is -2.29. The Morgan fingerprint density at radius 2 is 0.865 bits per heavy atom. The van der Waals surface area contributed by atoms with Crippen molar-refractivity contribution in [3.05, 3.63) is 60.8 Å². The Kier molecular flexibility index (Phi) is 36.8. The van der Waals surface area contributed by atoms with Crippen molar-refractivity contribution >= 4 is 19.8 Å². The molecule has 8 nitrogen and oxygen atoms in total. The lowest BCUT2D eigenvalue weighted by molar-refractivity contribution is -0.161. The minimum Gasteiger partial charge on any atom is -0.462 e. The van der Waals surface area contributed by atoms with E-state index in [4.69, 9.17) is 19.3 Å². The summed E-state index contributed by atoms with van der Waals surface area (Å²) in [7, 11) is -4.76. The van der Waals surface area contributed by atoms with Crippen molar-refractivity contribution in [1.82, 2.24) is 0 Å². The molecule has 0 spiro atoms. The van der Waals surface area contributed by atoms with Crippen LogP contribution in [0.2, 0.25) is 0 Å². The van der Waals surface area contributed by atoms with Gasteiger partial charge in [0.05, 0.1) is 6.61 Å². The van der Waals surface area contributed by atoms with E-state index in [1.54, 1.807) is 0 Å². The first-order valence-electron chi connectivity index (χ1n) is 20.6. The number of esters is 2. The Hall–Kier alpha value is -2.25. The van der Waals surface area contributed by atoms with Gasteiger partial charge in [0.15, 0.2) is 6.10 Å². The highest BCUT2D eigenvalue weighted by atomic mass is 31.2. The first kappa shape index (κ1) is 49.8. The summed E-state index contributed by atoms with van der Waals surface area (Å²) in [5.74, 6) is -0.922. The van der Waals surface area contributed by atoms with E-state index >= 15 is 0 Å². The highest BCUT2D eigenvalue weighted by Crippen LogP contribution is 2.36. The average Bonchev–Trinajstić information content (AvgIpc) is 3.11. The van der Waals surface area contributed by atoms with Crippen molar-refractivity contribution in [3.63, 3.8) is 0 Å². The first-order chi connectivity index (χ1) is 25.3. The lowest BCUT2D eigenvalue weighted by Gasteiger charge is -2.18. The normalized spacial score (nSPS) is 13.1. The number of carbonyl (C=O) groups is 2. The molecule has 0 saturated carbocycles. The second kappa shape index (κ2) is 38.5. The molecule has 0 bridgehead atoms. The van der Waals surface area contributed by atoms with E-state index in [2.05, 4.69) is 79.1 Å². The van der Waals surface area contributed by atoms with E-state index in [9.17, 15) is 14.2 Å².